The van der Waals surface area contributed by atoms with Crippen molar-refractivity contribution in [1.82, 2.24) is 0 Å². The van der Waals surface area contributed by atoms with Crippen LogP contribution in [0.25, 0.3) is 0 Å². The van der Waals surface area contributed by atoms with Crippen LogP contribution in [-0.2, 0) is 10.8 Å². The molecule has 0 saturated heterocycles. The quantitative estimate of drug-likeness (QED) is 0.841. The number of aryl methyl sites for hydroxylation is 1. The van der Waals surface area contributed by atoms with Crippen LogP contribution >= 0.6 is 0 Å². The normalized spacial score (nSPS) is 18.5. The van der Waals surface area contributed by atoms with Crippen molar-refractivity contribution < 1.29 is 5.11 Å². The average molecular weight is 247 g/mol. The minimum atomic E-state index is -0.0356. The Morgan fingerprint density at radius 1 is 1.28 bits per heavy atom. The van der Waals surface area contributed by atoms with Gasteiger partial charge in [0.05, 0.1) is 0 Å². The van der Waals surface area contributed by atoms with Gasteiger partial charge in [0.1, 0.15) is 5.75 Å². The summed E-state index contributed by atoms with van der Waals surface area (Å²) in [7, 11) is 0. The van der Waals surface area contributed by atoms with Gasteiger partial charge in [-0.05, 0) is 47.9 Å². The van der Waals surface area contributed by atoms with E-state index in [2.05, 4.69) is 33.8 Å². The van der Waals surface area contributed by atoms with E-state index in [0.29, 0.717) is 12.3 Å². The van der Waals surface area contributed by atoms with Crippen molar-refractivity contribution in [3.63, 3.8) is 0 Å². The van der Waals surface area contributed by atoms with E-state index in [9.17, 15) is 5.11 Å². The fourth-order valence-electron chi connectivity index (χ4n) is 3.05. The van der Waals surface area contributed by atoms with E-state index in [0.717, 1.165) is 5.56 Å². The highest BCUT2D eigenvalue weighted by Crippen LogP contribution is 2.46. The van der Waals surface area contributed by atoms with Crippen LogP contribution in [0.15, 0.2) is 12.1 Å². The number of hydrogen-bond acceptors (Lipinski definition) is 2. The molecule has 18 heavy (non-hydrogen) atoms. The lowest BCUT2D eigenvalue weighted by Crippen LogP contribution is -2.42. The minimum absolute atomic E-state index is 0.0356. The Labute approximate surface area is 110 Å². The Morgan fingerprint density at radius 2 is 1.89 bits per heavy atom. The van der Waals surface area contributed by atoms with Gasteiger partial charge in [0.15, 0.2) is 0 Å². The van der Waals surface area contributed by atoms with Crippen molar-refractivity contribution in [2.75, 3.05) is 6.54 Å². The summed E-state index contributed by atoms with van der Waals surface area (Å²) < 4.78 is 0. The molecule has 1 aliphatic carbocycles. The largest absolute Gasteiger partial charge is 0.508 e. The van der Waals surface area contributed by atoms with Crippen molar-refractivity contribution in [1.29, 1.82) is 0 Å². The van der Waals surface area contributed by atoms with Crippen molar-refractivity contribution in [3.8, 4) is 5.75 Å². The number of rotatable bonds is 2. The van der Waals surface area contributed by atoms with Gasteiger partial charge in [-0.15, -0.1) is 0 Å². The molecule has 1 fully saturated rings. The third-order valence-electron chi connectivity index (χ3n) is 4.42. The van der Waals surface area contributed by atoms with E-state index in [1.165, 1.54) is 30.4 Å². The van der Waals surface area contributed by atoms with Crippen molar-refractivity contribution >= 4 is 0 Å². The summed E-state index contributed by atoms with van der Waals surface area (Å²) >= 11 is 0. The van der Waals surface area contributed by atoms with Gasteiger partial charge < -0.3 is 10.8 Å². The van der Waals surface area contributed by atoms with Crippen LogP contribution in [0.1, 0.15) is 56.7 Å². The molecule has 0 heterocycles. The Hall–Kier alpha value is -1.02. The molecule has 0 aromatic heterocycles. The highest BCUT2D eigenvalue weighted by molar-refractivity contribution is 5.48. The number of phenols is 1. The molecular weight excluding hydrogens is 222 g/mol. The van der Waals surface area contributed by atoms with Crippen molar-refractivity contribution in [3.05, 3.63) is 28.8 Å². The number of benzene rings is 1. The van der Waals surface area contributed by atoms with Crippen LogP contribution in [0, 0.1) is 6.92 Å². The lowest BCUT2D eigenvalue weighted by molar-refractivity contribution is 0.251. The first kappa shape index (κ1) is 13.4. The zero-order valence-electron chi connectivity index (χ0n) is 12.0. The summed E-state index contributed by atoms with van der Waals surface area (Å²) in [4.78, 5) is 0. The summed E-state index contributed by atoms with van der Waals surface area (Å²) in [5, 5.41) is 10.1. The monoisotopic (exact) mass is 247 g/mol. The highest BCUT2D eigenvalue weighted by Gasteiger charge is 2.39. The molecule has 2 rings (SSSR count). The second kappa shape index (κ2) is 4.27. The number of phenolic OH excluding ortho intramolecular Hbond substituents is 1. The lowest BCUT2D eigenvalue weighted by atomic mass is 9.62. The maximum atomic E-state index is 10.1. The molecule has 2 nitrogen and oxygen atoms in total. The van der Waals surface area contributed by atoms with E-state index in [1.54, 1.807) is 0 Å². The molecule has 0 bridgehead atoms. The van der Waals surface area contributed by atoms with Gasteiger partial charge in [-0.25, -0.2) is 0 Å². The third-order valence-corrected chi connectivity index (χ3v) is 4.42. The van der Waals surface area contributed by atoms with Crippen LogP contribution in [0.4, 0.5) is 0 Å². The van der Waals surface area contributed by atoms with E-state index in [1.807, 2.05) is 6.07 Å². The topological polar surface area (TPSA) is 46.2 Å². The Morgan fingerprint density at radius 3 is 2.28 bits per heavy atom. The zero-order chi connectivity index (χ0) is 13.6. The maximum Gasteiger partial charge on any atom is 0.119 e. The third kappa shape index (κ3) is 2.03. The van der Waals surface area contributed by atoms with Gasteiger partial charge in [-0.3, -0.25) is 0 Å². The minimum Gasteiger partial charge on any atom is -0.508 e. The second-order valence-corrected chi connectivity index (χ2v) is 6.77. The van der Waals surface area contributed by atoms with Gasteiger partial charge >= 0.3 is 0 Å². The lowest BCUT2D eigenvalue weighted by Gasteiger charge is -2.43. The summed E-state index contributed by atoms with van der Waals surface area (Å²) in [6.07, 6.45) is 3.62. The zero-order valence-corrected chi connectivity index (χ0v) is 12.0. The SMILES string of the molecule is Cc1cc(O)c(C(C)(C)C)cc1C1(CN)CCC1. The molecule has 3 N–H and O–H groups in total. The van der Waals surface area contributed by atoms with E-state index in [-0.39, 0.29) is 10.8 Å². The van der Waals surface area contributed by atoms with Gasteiger partial charge in [-0.1, -0.05) is 33.3 Å². The molecular formula is C16H25NO. The predicted octanol–water partition coefficient (Wildman–Crippen LogP) is 3.38. The van der Waals surface area contributed by atoms with Gasteiger partial charge in [0, 0.05) is 12.0 Å². The van der Waals surface area contributed by atoms with Crippen LogP contribution in [0.2, 0.25) is 0 Å². The fourth-order valence-corrected chi connectivity index (χ4v) is 3.05. The van der Waals surface area contributed by atoms with E-state index >= 15 is 0 Å². The van der Waals surface area contributed by atoms with Gasteiger partial charge in [-0.2, -0.15) is 0 Å². The van der Waals surface area contributed by atoms with Crippen LogP contribution in [0.5, 0.6) is 5.75 Å². The first-order chi connectivity index (χ1) is 8.30. The molecule has 2 heteroatoms. The summed E-state index contributed by atoms with van der Waals surface area (Å²) in [5.74, 6) is 0.412. The molecule has 0 aliphatic heterocycles. The molecule has 1 aliphatic rings. The summed E-state index contributed by atoms with van der Waals surface area (Å²) in [5.41, 5.74) is 9.68. The molecule has 1 aromatic rings. The van der Waals surface area contributed by atoms with Gasteiger partial charge in [0.25, 0.3) is 0 Å². The van der Waals surface area contributed by atoms with Crippen LogP contribution < -0.4 is 5.73 Å². The summed E-state index contributed by atoms with van der Waals surface area (Å²) in [6, 6.07) is 4.10. The molecule has 1 saturated carbocycles. The standard InChI is InChI=1S/C16H25NO/c1-11-8-14(18)13(15(2,3)4)9-12(11)16(10-17)6-5-7-16/h8-9,18H,5-7,10,17H2,1-4H3. The first-order valence-electron chi connectivity index (χ1n) is 6.85. The van der Waals surface area contributed by atoms with Gasteiger partial charge in [0.2, 0.25) is 0 Å². The predicted molar refractivity (Wildman–Crippen MR) is 76.1 cm³/mol. The molecule has 0 unspecified atom stereocenters. The van der Waals surface area contributed by atoms with E-state index in [4.69, 9.17) is 5.73 Å². The maximum absolute atomic E-state index is 10.1. The first-order valence-corrected chi connectivity index (χ1v) is 6.85. The summed E-state index contributed by atoms with van der Waals surface area (Å²) in [6.45, 7) is 9.20. The van der Waals surface area contributed by atoms with Crippen molar-refractivity contribution in [2.45, 2.75) is 57.8 Å². The van der Waals surface area contributed by atoms with Crippen LogP contribution in [-0.4, -0.2) is 11.7 Å². The van der Waals surface area contributed by atoms with Crippen LogP contribution in [0.3, 0.4) is 0 Å². The Balaban J connectivity index is 2.55. The molecule has 0 radical (unpaired) electrons. The molecule has 100 valence electrons. The van der Waals surface area contributed by atoms with Crippen molar-refractivity contribution in [2.24, 2.45) is 5.73 Å². The smallest absolute Gasteiger partial charge is 0.119 e. The fraction of sp³-hybridized carbons (Fsp3) is 0.625. The molecule has 1 aromatic carbocycles. The second-order valence-electron chi connectivity index (χ2n) is 6.77. The molecule has 0 spiro atoms. The number of nitrogens with two attached hydrogens (primary N) is 1. The number of aromatic hydroxyl groups is 1. The molecule has 0 amide bonds. The molecule has 0 atom stereocenters. The number of hydrogen-bond donors (Lipinski definition) is 2. The van der Waals surface area contributed by atoms with E-state index < -0.39 is 0 Å². The Kier molecular flexibility index (Phi) is 3.18. The average Bonchev–Trinajstić information content (AvgIpc) is 2.18. The Bertz CT molecular complexity index is 447. The highest BCUT2D eigenvalue weighted by atomic mass is 16.3.